The minimum absolute atomic E-state index is 0.150. The van der Waals surface area contributed by atoms with Gasteiger partial charge in [-0.3, -0.25) is 0 Å². The molecule has 1 aromatic carbocycles. The van der Waals surface area contributed by atoms with E-state index in [-0.39, 0.29) is 5.28 Å². The van der Waals surface area contributed by atoms with Crippen LogP contribution in [-0.4, -0.2) is 33.6 Å². The van der Waals surface area contributed by atoms with Crippen molar-refractivity contribution in [1.82, 2.24) is 9.97 Å². The molecule has 4 rings (SSSR count). The van der Waals surface area contributed by atoms with Crippen LogP contribution >= 0.6 is 22.9 Å². The van der Waals surface area contributed by atoms with E-state index in [0.717, 1.165) is 27.8 Å². The molecular weight excluding hydrogens is 382 g/mol. The lowest BCUT2D eigenvalue weighted by molar-refractivity contribution is -0.138. The zero-order valence-electron chi connectivity index (χ0n) is 15.1. The van der Waals surface area contributed by atoms with Gasteiger partial charge in [0.2, 0.25) is 5.28 Å². The first-order chi connectivity index (χ1) is 13.0. The molecule has 5 nitrogen and oxygen atoms in total. The molecule has 0 radical (unpaired) electrons. The fourth-order valence-corrected chi connectivity index (χ4v) is 4.80. The number of anilines is 1. The van der Waals surface area contributed by atoms with Crippen LogP contribution in [0.15, 0.2) is 29.6 Å². The topological polar surface area (TPSA) is 66.3 Å². The SMILES string of the molecule is CC(C)c1ccc(-c2csc3nc(Cl)nc(N4CCCC4C(=O)O)c23)cc1. The fraction of sp³-hybridized carbons (Fsp3) is 0.350. The fourth-order valence-electron chi connectivity index (χ4n) is 3.64. The Morgan fingerprint density at radius 3 is 2.70 bits per heavy atom. The van der Waals surface area contributed by atoms with Gasteiger partial charge in [-0.1, -0.05) is 38.1 Å². The summed E-state index contributed by atoms with van der Waals surface area (Å²) >= 11 is 7.66. The second kappa shape index (κ2) is 7.09. The first kappa shape index (κ1) is 18.2. The van der Waals surface area contributed by atoms with E-state index in [2.05, 4.69) is 53.5 Å². The van der Waals surface area contributed by atoms with Crippen molar-refractivity contribution in [3.05, 3.63) is 40.5 Å². The molecule has 140 valence electrons. The average molecular weight is 402 g/mol. The molecule has 2 aromatic heterocycles. The number of aromatic nitrogens is 2. The monoisotopic (exact) mass is 401 g/mol. The first-order valence-corrected chi connectivity index (χ1v) is 10.3. The Kier molecular flexibility index (Phi) is 4.78. The summed E-state index contributed by atoms with van der Waals surface area (Å²) in [7, 11) is 0. The number of hydrogen-bond donors (Lipinski definition) is 1. The number of hydrogen-bond acceptors (Lipinski definition) is 5. The summed E-state index contributed by atoms with van der Waals surface area (Å²) in [6.07, 6.45) is 1.43. The minimum atomic E-state index is -0.826. The second-order valence-corrected chi connectivity index (χ2v) is 8.31. The lowest BCUT2D eigenvalue weighted by Crippen LogP contribution is -2.36. The molecule has 0 saturated carbocycles. The largest absolute Gasteiger partial charge is 0.480 e. The van der Waals surface area contributed by atoms with Crippen LogP contribution in [0.3, 0.4) is 0 Å². The molecule has 3 heterocycles. The Bertz CT molecular complexity index is 1000. The minimum Gasteiger partial charge on any atom is -0.480 e. The van der Waals surface area contributed by atoms with Gasteiger partial charge in [0.05, 0.1) is 5.39 Å². The quantitative estimate of drug-likeness (QED) is 0.609. The Hall–Kier alpha value is -2.18. The van der Waals surface area contributed by atoms with E-state index in [1.165, 1.54) is 16.9 Å². The number of benzene rings is 1. The third-order valence-corrected chi connectivity index (χ3v) is 6.13. The standard InChI is InChI=1S/C20H20ClN3O2S/c1-11(2)12-5-7-13(8-6-12)14-10-27-18-16(14)17(22-20(21)23-18)24-9-3-4-15(24)19(25)26/h5-8,10-11,15H,3-4,9H2,1-2H3,(H,25,26). The number of rotatable bonds is 4. The lowest BCUT2D eigenvalue weighted by Gasteiger charge is -2.23. The van der Waals surface area contributed by atoms with Crippen LogP contribution in [-0.2, 0) is 4.79 Å². The van der Waals surface area contributed by atoms with Crippen LogP contribution in [0, 0.1) is 0 Å². The first-order valence-electron chi connectivity index (χ1n) is 9.00. The molecule has 1 N–H and O–H groups in total. The molecular formula is C20H20ClN3O2S. The maximum Gasteiger partial charge on any atom is 0.326 e. The van der Waals surface area contributed by atoms with Gasteiger partial charge in [-0.25, -0.2) is 9.78 Å². The molecule has 1 saturated heterocycles. The molecule has 1 atom stereocenters. The number of carboxylic acid groups (broad SMARTS) is 1. The average Bonchev–Trinajstić information content (AvgIpc) is 3.28. The van der Waals surface area contributed by atoms with Crippen LogP contribution in [0.1, 0.15) is 38.2 Å². The molecule has 27 heavy (non-hydrogen) atoms. The zero-order chi connectivity index (χ0) is 19.1. The van der Waals surface area contributed by atoms with Gasteiger partial charge in [-0.2, -0.15) is 4.98 Å². The number of aliphatic carboxylic acids is 1. The maximum atomic E-state index is 11.7. The van der Waals surface area contributed by atoms with E-state index in [4.69, 9.17) is 11.6 Å². The highest BCUT2D eigenvalue weighted by atomic mass is 35.5. The Balaban J connectivity index is 1.87. The Labute approximate surface area is 166 Å². The number of halogens is 1. The van der Waals surface area contributed by atoms with E-state index in [9.17, 15) is 9.90 Å². The molecule has 7 heteroatoms. The highest BCUT2D eigenvalue weighted by Crippen LogP contribution is 2.41. The van der Waals surface area contributed by atoms with Gasteiger partial charge in [0.1, 0.15) is 16.7 Å². The predicted molar refractivity (Wildman–Crippen MR) is 110 cm³/mol. The van der Waals surface area contributed by atoms with Gasteiger partial charge in [-0.15, -0.1) is 11.3 Å². The predicted octanol–water partition coefficient (Wildman–Crippen LogP) is 5.19. The van der Waals surface area contributed by atoms with Crippen LogP contribution in [0.2, 0.25) is 5.28 Å². The van der Waals surface area contributed by atoms with E-state index in [1.54, 1.807) is 0 Å². The molecule has 1 fully saturated rings. The van der Waals surface area contributed by atoms with Crippen LogP contribution in [0.4, 0.5) is 5.82 Å². The number of nitrogens with zero attached hydrogens (tertiary/aromatic N) is 3. The summed E-state index contributed by atoms with van der Waals surface area (Å²) in [5, 5.41) is 12.7. The number of fused-ring (bicyclic) bond motifs is 1. The van der Waals surface area contributed by atoms with E-state index >= 15 is 0 Å². The summed E-state index contributed by atoms with van der Waals surface area (Å²) in [6.45, 7) is 4.99. The molecule has 1 aliphatic rings. The van der Waals surface area contributed by atoms with Crippen LogP contribution in [0.25, 0.3) is 21.3 Å². The normalized spacial score (nSPS) is 17.2. The maximum absolute atomic E-state index is 11.7. The molecule has 3 aromatic rings. The number of thiophene rings is 1. The van der Waals surface area contributed by atoms with E-state index in [1.807, 2.05) is 4.90 Å². The smallest absolute Gasteiger partial charge is 0.326 e. The van der Waals surface area contributed by atoms with Gasteiger partial charge >= 0.3 is 5.97 Å². The van der Waals surface area contributed by atoms with Crippen molar-refractivity contribution in [3.8, 4) is 11.1 Å². The van der Waals surface area contributed by atoms with Gasteiger partial charge in [0, 0.05) is 17.5 Å². The molecule has 0 aliphatic carbocycles. The second-order valence-electron chi connectivity index (χ2n) is 7.11. The Morgan fingerprint density at radius 1 is 1.30 bits per heavy atom. The molecule has 0 amide bonds. The number of carboxylic acids is 1. The molecule has 1 aliphatic heterocycles. The Morgan fingerprint density at radius 2 is 2.04 bits per heavy atom. The third-order valence-electron chi connectivity index (χ3n) is 5.09. The summed E-state index contributed by atoms with van der Waals surface area (Å²) in [6, 6.07) is 7.91. The highest BCUT2D eigenvalue weighted by molar-refractivity contribution is 7.17. The summed E-state index contributed by atoms with van der Waals surface area (Å²) < 4.78 is 0. The van der Waals surface area contributed by atoms with Crippen molar-refractivity contribution in [2.75, 3.05) is 11.4 Å². The van der Waals surface area contributed by atoms with Gasteiger partial charge in [-0.05, 0) is 41.5 Å². The van der Waals surface area contributed by atoms with Crippen LogP contribution < -0.4 is 4.90 Å². The van der Waals surface area contributed by atoms with Crippen molar-refractivity contribution in [2.24, 2.45) is 0 Å². The van der Waals surface area contributed by atoms with Gasteiger partial charge in [0.25, 0.3) is 0 Å². The number of carbonyl (C=O) groups is 1. The van der Waals surface area contributed by atoms with Crippen molar-refractivity contribution in [3.63, 3.8) is 0 Å². The van der Waals surface area contributed by atoms with E-state index in [0.29, 0.717) is 24.7 Å². The molecule has 0 spiro atoms. The van der Waals surface area contributed by atoms with E-state index < -0.39 is 12.0 Å². The summed E-state index contributed by atoms with van der Waals surface area (Å²) in [5.41, 5.74) is 3.38. The zero-order valence-corrected chi connectivity index (χ0v) is 16.7. The lowest BCUT2D eigenvalue weighted by atomic mass is 9.99. The van der Waals surface area contributed by atoms with Crippen molar-refractivity contribution in [2.45, 2.75) is 38.6 Å². The van der Waals surface area contributed by atoms with Gasteiger partial charge < -0.3 is 10.0 Å². The summed E-state index contributed by atoms with van der Waals surface area (Å²) in [5.74, 6) is 0.268. The van der Waals surface area contributed by atoms with Crippen molar-refractivity contribution < 1.29 is 9.90 Å². The highest BCUT2D eigenvalue weighted by Gasteiger charge is 2.33. The third kappa shape index (κ3) is 3.28. The molecule has 0 bridgehead atoms. The van der Waals surface area contributed by atoms with Crippen molar-refractivity contribution in [1.29, 1.82) is 0 Å². The van der Waals surface area contributed by atoms with Crippen LogP contribution in [0.5, 0.6) is 0 Å². The molecule has 1 unspecified atom stereocenters. The van der Waals surface area contributed by atoms with Crippen molar-refractivity contribution >= 4 is 44.9 Å². The van der Waals surface area contributed by atoms with Gasteiger partial charge in [0.15, 0.2) is 0 Å². The summed E-state index contributed by atoms with van der Waals surface area (Å²) in [4.78, 5) is 23.1.